The summed E-state index contributed by atoms with van der Waals surface area (Å²) >= 11 is 0. The predicted octanol–water partition coefficient (Wildman–Crippen LogP) is 10.6. The third-order valence-corrected chi connectivity index (χ3v) is 14.2. The fourth-order valence-corrected chi connectivity index (χ4v) is 10.5. The van der Waals surface area contributed by atoms with Crippen LogP contribution in [0.3, 0.4) is 0 Å². The predicted molar refractivity (Wildman–Crippen MR) is 231 cm³/mol. The van der Waals surface area contributed by atoms with Crippen molar-refractivity contribution in [1.82, 2.24) is 0 Å². The van der Waals surface area contributed by atoms with Crippen molar-refractivity contribution in [3.8, 4) is 0 Å². The molecule has 2 N–H and O–H groups in total. The van der Waals surface area contributed by atoms with E-state index in [1.54, 1.807) is 9.34 Å². The number of rotatable bonds is 16. The third kappa shape index (κ3) is 12.6. The first-order valence-electron chi connectivity index (χ1n) is 19.1. The van der Waals surface area contributed by atoms with E-state index < -0.39 is 16.4 Å². The fraction of sp³-hybridized carbons (Fsp3) is 0.455. The van der Waals surface area contributed by atoms with E-state index in [9.17, 15) is 0 Å². The van der Waals surface area contributed by atoms with Crippen LogP contribution < -0.4 is 19.9 Å². The second kappa shape index (κ2) is 23.0. The van der Waals surface area contributed by atoms with Crippen LogP contribution in [0.5, 0.6) is 0 Å². The average Bonchev–Trinajstić information content (AvgIpc) is 3.12. The maximum atomic E-state index is 5.44. The molecule has 4 aromatic carbocycles. The van der Waals surface area contributed by atoms with Crippen molar-refractivity contribution in [1.29, 1.82) is 0 Å². The molecule has 0 unspecified atom stereocenters. The maximum absolute atomic E-state index is 5.44. The molecule has 0 radical (unpaired) electrons. The van der Waals surface area contributed by atoms with Crippen molar-refractivity contribution in [2.24, 2.45) is 0 Å². The second-order valence-electron chi connectivity index (χ2n) is 14.2. The molecule has 0 aliphatic rings. The molecule has 272 valence electrons. The Hall–Kier alpha value is -1.97. The quantitative estimate of drug-likeness (QED) is 0.0849. The Morgan fingerprint density at radius 1 is 0.412 bits per heavy atom. The summed E-state index contributed by atoms with van der Waals surface area (Å²) in [6.07, 6.45) is 0. The Labute approximate surface area is 331 Å². The third-order valence-electron chi connectivity index (χ3n) is 9.32. The summed E-state index contributed by atoms with van der Waals surface area (Å²) in [7, 11) is -1.27. The molecule has 0 aliphatic carbocycles. The van der Waals surface area contributed by atoms with Gasteiger partial charge in [-0.15, -0.1) is 11.4 Å². The Morgan fingerprint density at radius 3 is 0.882 bits per heavy atom. The zero-order chi connectivity index (χ0) is 36.8. The van der Waals surface area contributed by atoms with E-state index in [-0.39, 0.29) is 23.1 Å². The summed E-state index contributed by atoms with van der Waals surface area (Å²) in [6.45, 7) is 31.6. The van der Waals surface area contributed by atoms with Crippen LogP contribution in [0.25, 0.3) is 10.2 Å². The summed E-state index contributed by atoms with van der Waals surface area (Å²) in [4.78, 5) is 0. The second-order valence-corrected chi connectivity index (χ2v) is 18.2. The van der Waals surface area contributed by atoms with Crippen LogP contribution >= 0.6 is 16.4 Å². The van der Waals surface area contributed by atoms with Gasteiger partial charge in [-0.2, -0.15) is 0 Å². The van der Waals surface area contributed by atoms with Gasteiger partial charge in [0.1, 0.15) is 0 Å². The minimum absolute atomic E-state index is 0. The SMILES string of the molecule is CC[NH+](CC)[P@@]([N-]c1c(C(C)C)cccc1C(C)C)c1ccccc1.CC[NH+](CC)[P@@]([N-]c1c(C(C)C)cccc1C(C)C)c1ccccc1.[Mg+2]. The van der Waals surface area contributed by atoms with E-state index in [1.165, 1.54) is 44.2 Å². The van der Waals surface area contributed by atoms with Crippen LogP contribution in [-0.2, 0) is 0 Å². The average molecular weight is 737 g/mol. The molecule has 0 saturated carbocycles. The molecule has 0 fully saturated rings. The normalized spacial score (nSPS) is 12.6. The summed E-state index contributed by atoms with van der Waals surface area (Å²) < 4.78 is 3.13. The largest absolute Gasteiger partial charge is 2.00 e. The number of hydrogen-bond donors (Lipinski definition) is 2. The Morgan fingerprint density at radius 2 is 0.667 bits per heavy atom. The number of nitrogens with zero attached hydrogens (tertiary/aromatic N) is 2. The molecule has 4 rings (SSSR count). The van der Waals surface area contributed by atoms with Crippen molar-refractivity contribution in [2.75, 3.05) is 26.2 Å². The van der Waals surface area contributed by atoms with Crippen molar-refractivity contribution in [3.63, 3.8) is 0 Å². The standard InChI is InChI=1S/2C22H32N2P.Mg/c2*1-7-24(8-2)25(19-13-10-9-11-14-19)23-22-20(17(3)4)15-12-16-21(22)18(5)6;/h2*9-18H,7-8H2,1-6H3;/q2*-1;+2/p+2/t2*25-;/m11./s1. The molecular weight excluding hydrogens is 671 g/mol. The summed E-state index contributed by atoms with van der Waals surface area (Å²) in [5.41, 5.74) is 7.98. The minimum Gasteiger partial charge on any atom is -0.606 e. The first-order chi connectivity index (χ1) is 24.0. The molecule has 0 amide bonds. The number of benzene rings is 4. The molecule has 51 heavy (non-hydrogen) atoms. The van der Waals surface area contributed by atoms with E-state index >= 15 is 0 Å². The van der Waals surface area contributed by atoms with Gasteiger partial charge >= 0.3 is 23.1 Å². The number of nitrogens with one attached hydrogen (secondary N) is 2. The van der Waals surface area contributed by atoms with Crippen LogP contribution in [-0.4, -0.2) is 49.2 Å². The van der Waals surface area contributed by atoms with Gasteiger partial charge in [0.2, 0.25) is 0 Å². The van der Waals surface area contributed by atoms with E-state index in [0.29, 0.717) is 23.7 Å². The molecule has 4 aromatic rings. The van der Waals surface area contributed by atoms with Crippen LogP contribution in [0.15, 0.2) is 97.1 Å². The van der Waals surface area contributed by atoms with Crippen LogP contribution in [0.2, 0.25) is 0 Å². The first kappa shape index (κ1) is 45.2. The maximum Gasteiger partial charge on any atom is 2.00 e. The summed E-state index contributed by atoms with van der Waals surface area (Å²) in [6, 6.07) is 35.1. The molecular formula is C44H66MgN4P2+2. The summed E-state index contributed by atoms with van der Waals surface area (Å²) in [5, 5.41) is 13.6. The first-order valence-corrected chi connectivity index (χ1v) is 21.7. The van der Waals surface area contributed by atoms with Gasteiger partial charge < -0.3 is 19.5 Å². The van der Waals surface area contributed by atoms with Gasteiger partial charge in [0.25, 0.3) is 0 Å². The van der Waals surface area contributed by atoms with E-state index in [2.05, 4.69) is 180 Å². The smallest absolute Gasteiger partial charge is 0.606 e. The van der Waals surface area contributed by atoms with Crippen molar-refractivity contribution in [2.45, 2.75) is 107 Å². The molecule has 0 spiro atoms. The molecule has 0 heterocycles. The van der Waals surface area contributed by atoms with E-state index in [4.69, 9.17) is 10.2 Å². The van der Waals surface area contributed by atoms with Crippen LogP contribution in [0.1, 0.15) is 129 Å². The minimum atomic E-state index is -0.636. The van der Waals surface area contributed by atoms with Gasteiger partial charge in [-0.05, 0) is 51.4 Å². The van der Waals surface area contributed by atoms with E-state index in [1.807, 2.05) is 0 Å². The Balaban J connectivity index is 0.000000347. The van der Waals surface area contributed by atoms with Crippen molar-refractivity contribution < 1.29 is 9.34 Å². The molecule has 0 aliphatic heterocycles. The van der Waals surface area contributed by atoms with Crippen molar-refractivity contribution in [3.05, 3.63) is 129 Å². The number of quaternary nitrogens is 2. The fourth-order valence-electron chi connectivity index (χ4n) is 6.31. The molecule has 0 aromatic heterocycles. The number of hydrogen-bond acceptors (Lipinski definition) is 0. The van der Waals surface area contributed by atoms with Gasteiger partial charge in [0.15, 0.2) is 0 Å². The monoisotopic (exact) mass is 736 g/mol. The Kier molecular flexibility index (Phi) is 20.3. The molecule has 2 atom stereocenters. The molecule has 0 saturated heterocycles. The topological polar surface area (TPSA) is 37.1 Å². The molecule has 0 bridgehead atoms. The van der Waals surface area contributed by atoms with Gasteiger partial charge in [-0.3, -0.25) is 0 Å². The zero-order valence-electron chi connectivity index (χ0n) is 33.9. The van der Waals surface area contributed by atoms with Crippen molar-refractivity contribution >= 4 is 61.5 Å². The van der Waals surface area contributed by atoms with Gasteiger partial charge in [-0.25, -0.2) is 0 Å². The Bertz CT molecular complexity index is 1370. The molecule has 7 heteroatoms. The molecule has 4 nitrogen and oxygen atoms in total. The van der Waals surface area contributed by atoms with Gasteiger partial charge in [-0.1, -0.05) is 175 Å². The van der Waals surface area contributed by atoms with Gasteiger partial charge in [0, 0.05) is 10.6 Å². The van der Waals surface area contributed by atoms with Crippen LogP contribution in [0.4, 0.5) is 11.4 Å². The van der Waals surface area contributed by atoms with Crippen LogP contribution in [0, 0.1) is 0 Å². The van der Waals surface area contributed by atoms with Gasteiger partial charge in [0.05, 0.1) is 42.6 Å². The summed E-state index contributed by atoms with van der Waals surface area (Å²) in [5.74, 6) is 1.93. The zero-order valence-corrected chi connectivity index (χ0v) is 37.1. The van der Waals surface area contributed by atoms with E-state index in [0.717, 1.165) is 26.2 Å².